The molecule has 3 fully saturated rings. The van der Waals surface area contributed by atoms with E-state index in [2.05, 4.69) is 35.2 Å². The van der Waals surface area contributed by atoms with Crippen LogP contribution in [-0.2, 0) is 16.1 Å². The van der Waals surface area contributed by atoms with Gasteiger partial charge in [0.25, 0.3) is 11.8 Å². The largest absolute Gasteiger partial charge is 0.489 e. The Hall–Kier alpha value is -3.23. The molecule has 37 heavy (non-hydrogen) atoms. The van der Waals surface area contributed by atoms with Crippen LogP contribution in [-0.4, -0.2) is 75.5 Å². The van der Waals surface area contributed by atoms with Crippen LogP contribution in [0.3, 0.4) is 0 Å². The average molecular weight is 504 g/mol. The van der Waals surface area contributed by atoms with E-state index in [1.165, 1.54) is 16.9 Å². The molecule has 8 nitrogen and oxygen atoms in total. The van der Waals surface area contributed by atoms with Crippen molar-refractivity contribution in [2.24, 2.45) is 0 Å². The minimum atomic E-state index is -0.735. The first-order valence-corrected chi connectivity index (χ1v) is 13.4. The Morgan fingerprint density at radius 1 is 0.946 bits per heavy atom. The topological polar surface area (TPSA) is 90.4 Å². The molecule has 3 heterocycles. The number of amides is 3. The average Bonchev–Trinajstić information content (AvgIpc) is 3.20. The molecule has 3 aliphatic heterocycles. The number of benzene rings is 2. The van der Waals surface area contributed by atoms with Crippen molar-refractivity contribution in [3.8, 4) is 5.75 Å². The van der Waals surface area contributed by atoms with Crippen molar-refractivity contribution in [3.05, 3.63) is 65.2 Å². The molecule has 1 aliphatic carbocycles. The number of piperidine rings is 1. The first-order valence-electron chi connectivity index (χ1n) is 13.4. The predicted molar refractivity (Wildman–Crippen MR) is 136 cm³/mol. The molecule has 0 radical (unpaired) electrons. The number of nitrogens with zero attached hydrogens (tertiary/aromatic N) is 3. The van der Waals surface area contributed by atoms with Gasteiger partial charge >= 0.3 is 0 Å². The molecule has 0 bridgehead atoms. The fraction of sp³-hybridized carbons (Fsp3) is 0.483. The summed E-state index contributed by atoms with van der Waals surface area (Å²) in [6.45, 7) is 1.76. The molecule has 1 unspecified atom stereocenters. The molecule has 4 aliphatic rings. The molecule has 2 aromatic rings. The van der Waals surface area contributed by atoms with Gasteiger partial charge in [-0.2, -0.15) is 0 Å². The number of fused-ring (bicyclic) bond motifs is 1. The normalized spacial score (nSPS) is 26.8. The third kappa shape index (κ3) is 4.42. The summed E-state index contributed by atoms with van der Waals surface area (Å²) in [7, 11) is 0. The van der Waals surface area contributed by atoms with E-state index in [0.717, 1.165) is 48.6 Å². The van der Waals surface area contributed by atoms with Crippen LogP contribution in [0.1, 0.15) is 65.9 Å². The maximum atomic E-state index is 13.1. The van der Waals surface area contributed by atoms with Gasteiger partial charge in [0.05, 0.1) is 0 Å². The summed E-state index contributed by atoms with van der Waals surface area (Å²) in [5.74, 6) is 0.218. The quantitative estimate of drug-likeness (QED) is 0.610. The lowest BCUT2D eigenvalue weighted by Crippen LogP contribution is -2.57. The van der Waals surface area contributed by atoms with E-state index in [-0.39, 0.29) is 24.9 Å². The summed E-state index contributed by atoms with van der Waals surface area (Å²) in [5.41, 5.74) is 2.81. The molecule has 194 valence electrons. The van der Waals surface area contributed by atoms with Crippen molar-refractivity contribution in [1.82, 2.24) is 14.7 Å². The van der Waals surface area contributed by atoms with Gasteiger partial charge in [0.2, 0.25) is 5.91 Å². The SMILES string of the molecule is O=C1CCC(N2Cc3cc(O[C@H]4CCCC[C@@H]4N4CC(c5ccccc5)C4)ccc3C2=O)C(=O)N1CO. The van der Waals surface area contributed by atoms with E-state index < -0.39 is 24.6 Å². The van der Waals surface area contributed by atoms with Crippen molar-refractivity contribution in [3.63, 3.8) is 0 Å². The summed E-state index contributed by atoms with van der Waals surface area (Å²) in [6, 6.07) is 16.0. The Bertz CT molecular complexity index is 1200. The maximum Gasteiger partial charge on any atom is 0.255 e. The van der Waals surface area contributed by atoms with Gasteiger partial charge < -0.3 is 14.7 Å². The second kappa shape index (κ2) is 9.91. The zero-order valence-corrected chi connectivity index (χ0v) is 20.9. The molecular formula is C29H33N3O5. The zero-order chi connectivity index (χ0) is 25.5. The van der Waals surface area contributed by atoms with Crippen LogP contribution in [0.4, 0.5) is 0 Å². The van der Waals surface area contributed by atoms with Crippen molar-refractivity contribution < 1.29 is 24.2 Å². The van der Waals surface area contributed by atoms with E-state index in [9.17, 15) is 19.5 Å². The number of hydrogen-bond acceptors (Lipinski definition) is 6. The van der Waals surface area contributed by atoms with Crippen LogP contribution in [0, 0.1) is 0 Å². The standard InChI is InChI=1S/C29H33N3O5/c33-18-32-27(34)13-12-25(29(32)36)31-17-20-14-22(10-11-23(20)28(31)35)37-26-9-5-4-8-24(26)30-15-21(16-30)19-6-2-1-3-7-19/h1-3,6-7,10-11,14,21,24-26,33H,4-5,8-9,12-13,15-18H2/t24-,25?,26-/m0/s1. The van der Waals surface area contributed by atoms with Crippen molar-refractivity contribution in [2.45, 2.75) is 69.2 Å². The van der Waals surface area contributed by atoms with Gasteiger partial charge in [-0.05, 0) is 55.0 Å². The Morgan fingerprint density at radius 2 is 1.73 bits per heavy atom. The van der Waals surface area contributed by atoms with Crippen molar-refractivity contribution >= 4 is 17.7 Å². The minimum absolute atomic E-state index is 0.112. The second-order valence-corrected chi connectivity index (χ2v) is 10.7. The fourth-order valence-corrected chi connectivity index (χ4v) is 6.43. The minimum Gasteiger partial charge on any atom is -0.489 e. The molecule has 1 N–H and O–H groups in total. The highest BCUT2D eigenvalue weighted by atomic mass is 16.5. The summed E-state index contributed by atoms with van der Waals surface area (Å²) < 4.78 is 6.55. The zero-order valence-electron chi connectivity index (χ0n) is 20.9. The van der Waals surface area contributed by atoms with Gasteiger partial charge in [-0.1, -0.05) is 36.8 Å². The monoisotopic (exact) mass is 503 g/mol. The lowest BCUT2D eigenvalue weighted by atomic mass is 9.84. The van der Waals surface area contributed by atoms with Gasteiger partial charge in [0, 0.05) is 43.6 Å². The van der Waals surface area contributed by atoms with Gasteiger partial charge in [-0.15, -0.1) is 0 Å². The molecule has 3 atom stereocenters. The van der Waals surface area contributed by atoms with Crippen LogP contribution in [0.5, 0.6) is 5.75 Å². The molecule has 6 rings (SSSR count). The number of aliphatic hydroxyl groups excluding tert-OH is 1. The van der Waals surface area contributed by atoms with Gasteiger partial charge in [-0.25, -0.2) is 0 Å². The number of carbonyl (C=O) groups excluding carboxylic acids is 3. The number of ether oxygens (including phenoxy) is 1. The Labute approximate surface area is 216 Å². The molecule has 3 amide bonds. The van der Waals surface area contributed by atoms with Gasteiger partial charge in [-0.3, -0.25) is 24.2 Å². The number of imide groups is 1. The summed E-state index contributed by atoms with van der Waals surface area (Å²) in [6.07, 6.45) is 5.04. The third-order valence-electron chi connectivity index (χ3n) is 8.52. The maximum absolute atomic E-state index is 13.1. The third-order valence-corrected chi connectivity index (χ3v) is 8.52. The Balaban J connectivity index is 1.13. The lowest BCUT2D eigenvalue weighted by molar-refractivity contribution is -0.156. The number of rotatable bonds is 6. The van der Waals surface area contributed by atoms with Crippen LogP contribution in [0.2, 0.25) is 0 Å². The first kappa shape index (κ1) is 24.1. The molecule has 0 spiro atoms. The molecule has 1 saturated carbocycles. The van der Waals surface area contributed by atoms with E-state index in [4.69, 9.17) is 4.74 Å². The van der Waals surface area contributed by atoms with Crippen molar-refractivity contribution in [2.75, 3.05) is 19.8 Å². The van der Waals surface area contributed by atoms with Gasteiger partial charge in [0.1, 0.15) is 24.6 Å². The highest BCUT2D eigenvalue weighted by molar-refractivity contribution is 6.05. The van der Waals surface area contributed by atoms with Crippen LogP contribution in [0.15, 0.2) is 48.5 Å². The van der Waals surface area contributed by atoms with E-state index >= 15 is 0 Å². The van der Waals surface area contributed by atoms with E-state index in [1.807, 2.05) is 12.1 Å². The first-order chi connectivity index (χ1) is 18.0. The molecular weight excluding hydrogens is 470 g/mol. The molecule has 8 heteroatoms. The number of carbonyl (C=O) groups is 3. The fourth-order valence-electron chi connectivity index (χ4n) is 6.43. The van der Waals surface area contributed by atoms with Crippen molar-refractivity contribution in [1.29, 1.82) is 0 Å². The molecule has 2 aromatic carbocycles. The lowest BCUT2D eigenvalue weighted by Gasteiger charge is -2.48. The number of likely N-dealkylation sites (tertiary alicyclic amines) is 2. The highest BCUT2D eigenvalue weighted by Crippen LogP contribution is 2.36. The van der Waals surface area contributed by atoms with Crippen LogP contribution < -0.4 is 4.74 Å². The van der Waals surface area contributed by atoms with E-state index in [0.29, 0.717) is 24.1 Å². The highest BCUT2D eigenvalue weighted by Gasteiger charge is 2.43. The second-order valence-electron chi connectivity index (χ2n) is 10.7. The molecule has 2 saturated heterocycles. The summed E-state index contributed by atoms with van der Waals surface area (Å²) in [4.78, 5) is 42.7. The Morgan fingerprint density at radius 3 is 2.51 bits per heavy atom. The summed E-state index contributed by atoms with van der Waals surface area (Å²) in [5, 5.41) is 9.44. The van der Waals surface area contributed by atoms with Crippen LogP contribution in [0.25, 0.3) is 0 Å². The summed E-state index contributed by atoms with van der Waals surface area (Å²) >= 11 is 0. The Kier molecular flexibility index (Phi) is 6.46. The number of hydrogen-bond donors (Lipinski definition) is 1. The number of aliphatic hydroxyl groups is 1. The van der Waals surface area contributed by atoms with Crippen LogP contribution >= 0.6 is 0 Å². The molecule has 0 aromatic heterocycles. The van der Waals surface area contributed by atoms with E-state index in [1.54, 1.807) is 6.07 Å². The predicted octanol–water partition coefficient (Wildman–Crippen LogP) is 2.90. The van der Waals surface area contributed by atoms with Gasteiger partial charge in [0.15, 0.2) is 0 Å². The smallest absolute Gasteiger partial charge is 0.255 e.